The number of nitrogens with one attached hydrogen (secondary N) is 1. The molecule has 5 nitrogen and oxygen atoms in total. The van der Waals surface area contributed by atoms with Crippen LogP contribution in [0.25, 0.3) is 16.8 Å². The van der Waals surface area contributed by atoms with Crippen LogP contribution in [0.2, 0.25) is 0 Å². The minimum atomic E-state index is -0.987. The van der Waals surface area contributed by atoms with E-state index in [1.165, 1.54) is 24.3 Å². The molecule has 0 heterocycles. The molecule has 0 unspecified atom stereocenters. The Bertz CT molecular complexity index is 1300. The van der Waals surface area contributed by atoms with Crippen LogP contribution in [0, 0.1) is 5.82 Å². The van der Waals surface area contributed by atoms with Crippen molar-refractivity contribution >= 4 is 28.7 Å². The van der Waals surface area contributed by atoms with Crippen molar-refractivity contribution in [2.24, 2.45) is 0 Å². The third-order valence-electron chi connectivity index (χ3n) is 4.99. The Balaban J connectivity index is 0.000000420. The summed E-state index contributed by atoms with van der Waals surface area (Å²) in [5, 5.41) is 13.8. The molecule has 0 saturated carbocycles. The SMILES string of the molecule is CCNC(=O)C(=Cc1ccc(C(=O)O)cc1)COc1cccc2ccccc12.Fc1ccccc1. The fraction of sp³-hybridized carbons (Fsp3) is 0.103. The van der Waals surface area contributed by atoms with Crippen LogP contribution < -0.4 is 10.1 Å². The molecule has 0 aliphatic rings. The highest BCUT2D eigenvalue weighted by molar-refractivity contribution is 5.98. The molecule has 4 aromatic rings. The lowest BCUT2D eigenvalue weighted by Gasteiger charge is -2.12. The lowest BCUT2D eigenvalue weighted by Crippen LogP contribution is -2.27. The predicted molar refractivity (Wildman–Crippen MR) is 136 cm³/mol. The van der Waals surface area contributed by atoms with E-state index in [9.17, 15) is 14.0 Å². The maximum absolute atomic E-state index is 12.5. The standard InChI is InChI=1S/C23H21NO4.C6H5F/c1-2-24-22(25)19(14-16-10-12-18(13-11-16)23(26)27)15-28-21-9-5-7-17-6-3-4-8-20(17)21;7-6-4-2-1-3-5-6/h3-14H,2,15H2,1H3,(H,24,25)(H,26,27);1-5H. The molecule has 0 aliphatic carbocycles. The highest BCUT2D eigenvalue weighted by atomic mass is 19.1. The highest BCUT2D eigenvalue weighted by Gasteiger charge is 2.11. The van der Waals surface area contributed by atoms with Crippen molar-refractivity contribution in [2.45, 2.75) is 6.92 Å². The van der Waals surface area contributed by atoms with Gasteiger partial charge in [0.05, 0.1) is 11.1 Å². The van der Waals surface area contributed by atoms with Crippen LogP contribution in [0.1, 0.15) is 22.8 Å². The molecular weight excluding hydrogens is 445 g/mol. The van der Waals surface area contributed by atoms with Crippen LogP contribution >= 0.6 is 0 Å². The van der Waals surface area contributed by atoms with Crippen LogP contribution in [0.5, 0.6) is 5.75 Å². The van der Waals surface area contributed by atoms with E-state index >= 15 is 0 Å². The van der Waals surface area contributed by atoms with E-state index in [-0.39, 0.29) is 23.9 Å². The second kappa shape index (κ2) is 12.7. The first-order valence-electron chi connectivity index (χ1n) is 11.1. The predicted octanol–water partition coefficient (Wildman–Crippen LogP) is 5.96. The summed E-state index contributed by atoms with van der Waals surface area (Å²) in [7, 11) is 0. The Labute approximate surface area is 203 Å². The number of aromatic carboxylic acids is 1. The molecule has 4 rings (SSSR count). The largest absolute Gasteiger partial charge is 0.488 e. The number of halogens is 1. The lowest BCUT2D eigenvalue weighted by atomic mass is 10.1. The Kier molecular flexibility index (Phi) is 9.14. The average Bonchev–Trinajstić information content (AvgIpc) is 2.88. The fourth-order valence-corrected chi connectivity index (χ4v) is 3.26. The minimum absolute atomic E-state index is 0.0977. The number of hydrogen-bond acceptors (Lipinski definition) is 3. The van der Waals surface area contributed by atoms with Gasteiger partial charge in [-0.15, -0.1) is 0 Å². The number of likely N-dealkylation sites (N-methyl/N-ethyl adjacent to an activating group) is 1. The van der Waals surface area contributed by atoms with Gasteiger partial charge in [-0.25, -0.2) is 9.18 Å². The van der Waals surface area contributed by atoms with Crippen LogP contribution in [0.3, 0.4) is 0 Å². The van der Waals surface area contributed by atoms with Crippen molar-refractivity contribution in [3.8, 4) is 5.75 Å². The van der Waals surface area contributed by atoms with Gasteiger partial charge in [-0.05, 0) is 54.3 Å². The molecule has 2 N–H and O–H groups in total. The number of carbonyl (C=O) groups excluding carboxylic acids is 1. The third-order valence-corrected chi connectivity index (χ3v) is 4.99. The van der Waals surface area contributed by atoms with Gasteiger partial charge in [0.2, 0.25) is 0 Å². The molecule has 1 amide bonds. The Morgan fingerprint density at radius 1 is 0.886 bits per heavy atom. The number of ether oxygens (including phenoxy) is 1. The van der Waals surface area contributed by atoms with E-state index in [1.54, 1.807) is 36.4 Å². The number of carbonyl (C=O) groups is 2. The van der Waals surface area contributed by atoms with Gasteiger partial charge >= 0.3 is 5.97 Å². The summed E-state index contributed by atoms with van der Waals surface area (Å²) >= 11 is 0. The summed E-state index contributed by atoms with van der Waals surface area (Å²) < 4.78 is 17.9. The molecular formula is C29H26FNO4. The van der Waals surface area contributed by atoms with E-state index in [1.807, 2.05) is 49.4 Å². The number of benzene rings is 4. The van der Waals surface area contributed by atoms with Crippen molar-refractivity contribution in [2.75, 3.05) is 13.2 Å². The van der Waals surface area contributed by atoms with Gasteiger partial charge in [0.1, 0.15) is 18.2 Å². The summed E-state index contributed by atoms with van der Waals surface area (Å²) in [5.74, 6) is -0.680. The van der Waals surface area contributed by atoms with Crippen molar-refractivity contribution in [1.29, 1.82) is 0 Å². The Morgan fingerprint density at radius 2 is 1.54 bits per heavy atom. The molecule has 0 fully saturated rings. The van der Waals surface area contributed by atoms with Crippen LogP contribution in [0.15, 0.2) is 103 Å². The van der Waals surface area contributed by atoms with Crippen molar-refractivity contribution < 1.29 is 23.8 Å². The molecule has 6 heteroatoms. The van der Waals surface area contributed by atoms with Crippen LogP contribution in [0.4, 0.5) is 4.39 Å². The minimum Gasteiger partial charge on any atom is -0.488 e. The highest BCUT2D eigenvalue weighted by Crippen LogP contribution is 2.25. The van der Waals surface area contributed by atoms with Gasteiger partial charge in [-0.1, -0.05) is 66.7 Å². The molecule has 0 aromatic heterocycles. The zero-order valence-corrected chi connectivity index (χ0v) is 19.3. The van der Waals surface area contributed by atoms with E-state index in [0.29, 0.717) is 17.9 Å². The monoisotopic (exact) mass is 471 g/mol. The fourth-order valence-electron chi connectivity index (χ4n) is 3.26. The number of rotatable bonds is 7. The van der Waals surface area contributed by atoms with E-state index < -0.39 is 5.97 Å². The molecule has 0 spiro atoms. The third kappa shape index (κ3) is 7.54. The molecule has 178 valence electrons. The van der Waals surface area contributed by atoms with Gasteiger partial charge in [0.25, 0.3) is 5.91 Å². The summed E-state index contributed by atoms with van der Waals surface area (Å²) in [6, 6.07) is 28.0. The second-order valence-electron chi connectivity index (χ2n) is 7.52. The van der Waals surface area contributed by atoms with E-state index in [2.05, 4.69) is 5.32 Å². The van der Waals surface area contributed by atoms with E-state index in [4.69, 9.17) is 9.84 Å². The quantitative estimate of drug-likeness (QED) is 0.326. The molecule has 35 heavy (non-hydrogen) atoms. The van der Waals surface area contributed by atoms with Crippen LogP contribution in [-0.4, -0.2) is 30.1 Å². The summed E-state index contributed by atoms with van der Waals surface area (Å²) in [5.41, 5.74) is 1.38. The second-order valence-corrected chi connectivity index (χ2v) is 7.52. The lowest BCUT2D eigenvalue weighted by molar-refractivity contribution is -0.117. The maximum atomic E-state index is 12.5. The number of fused-ring (bicyclic) bond motifs is 1. The summed E-state index contributed by atoms with van der Waals surface area (Å²) in [6.07, 6.45) is 1.71. The normalized spacial score (nSPS) is 10.7. The zero-order chi connectivity index (χ0) is 25.0. The molecule has 0 saturated heterocycles. The molecule has 0 atom stereocenters. The smallest absolute Gasteiger partial charge is 0.335 e. The Hall–Kier alpha value is -4.45. The topological polar surface area (TPSA) is 75.6 Å². The molecule has 0 bridgehead atoms. The number of hydrogen-bond donors (Lipinski definition) is 2. The maximum Gasteiger partial charge on any atom is 0.335 e. The molecule has 0 radical (unpaired) electrons. The van der Waals surface area contributed by atoms with Gasteiger partial charge in [0.15, 0.2) is 0 Å². The first-order valence-corrected chi connectivity index (χ1v) is 11.1. The Morgan fingerprint density at radius 3 is 2.17 bits per heavy atom. The van der Waals surface area contributed by atoms with Gasteiger partial charge < -0.3 is 15.2 Å². The number of amides is 1. The molecule has 0 aliphatic heterocycles. The molecule has 4 aromatic carbocycles. The first kappa shape index (κ1) is 25.2. The van der Waals surface area contributed by atoms with Gasteiger partial charge in [0, 0.05) is 11.9 Å². The van der Waals surface area contributed by atoms with Crippen molar-refractivity contribution in [3.63, 3.8) is 0 Å². The van der Waals surface area contributed by atoms with E-state index in [0.717, 1.165) is 16.3 Å². The van der Waals surface area contributed by atoms with Gasteiger partial charge in [-0.3, -0.25) is 4.79 Å². The zero-order valence-electron chi connectivity index (χ0n) is 19.3. The average molecular weight is 472 g/mol. The van der Waals surface area contributed by atoms with Crippen LogP contribution in [-0.2, 0) is 4.79 Å². The first-order chi connectivity index (χ1) is 17.0. The van der Waals surface area contributed by atoms with Gasteiger partial charge in [-0.2, -0.15) is 0 Å². The van der Waals surface area contributed by atoms with Crippen molar-refractivity contribution in [3.05, 3.63) is 120 Å². The summed E-state index contributed by atoms with van der Waals surface area (Å²) in [4.78, 5) is 23.4. The summed E-state index contributed by atoms with van der Waals surface area (Å²) in [6.45, 7) is 2.45. The number of carboxylic acids is 1. The van der Waals surface area contributed by atoms with Crippen molar-refractivity contribution in [1.82, 2.24) is 5.32 Å². The number of carboxylic acid groups (broad SMARTS) is 1.